The predicted octanol–water partition coefficient (Wildman–Crippen LogP) is 1.92. The van der Waals surface area contributed by atoms with Crippen LogP contribution in [0.25, 0.3) is 0 Å². The van der Waals surface area contributed by atoms with Crippen molar-refractivity contribution in [1.82, 2.24) is 4.57 Å². The van der Waals surface area contributed by atoms with Gasteiger partial charge >= 0.3 is 0 Å². The van der Waals surface area contributed by atoms with Gasteiger partial charge in [0.15, 0.2) is 0 Å². The highest BCUT2D eigenvalue weighted by Crippen LogP contribution is 2.14. The molecule has 1 unspecified atom stereocenters. The molecule has 3 nitrogen and oxygen atoms in total. The minimum atomic E-state index is 0.0433. The van der Waals surface area contributed by atoms with Crippen LogP contribution >= 0.6 is 0 Å². The van der Waals surface area contributed by atoms with Crippen molar-refractivity contribution < 1.29 is 0 Å². The fourth-order valence-corrected chi connectivity index (χ4v) is 1.34. The summed E-state index contributed by atoms with van der Waals surface area (Å²) >= 11 is 0. The summed E-state index contributed by atoms with van der Waals surface area (Å²) in [6, 6.07) is 2.17. The fourth-order valence-electron chi connectivity index (χ4n) is 1.34. The van der Waals surface area contributed by atoms with E-state index in [1.807, 2.05) is 29.1 Å². The molecule has 78 valence electrons. The Morgan fingerprint density at radius 1 is 1.57 bits per heavy atom. The minimum Gasteiger partial charge on any atom is -0.398 e. The summed E-state index contributed by atoms with van der Waals surface area (Å²) in [5.74, 6) is 0. The Kier molecular flexibility index (Phi) is 3.77. The first-order valence-corrected chi connectivity index (χ1v) is 5.00. The van der Waals surface area contributed by atoms with Gasteiger partial charge < -0.3 is 16.0 Å². The average molecular weight is 193 g/mol. The van der Waals surface area contributed by atoms with Crippen molar-refractivity contribution in [2.75, 3.05) is 5.73 Å². The van der Waals surface area contributed by atoms with Crippen LogP contribution in [-0.4, -0.2) is 10.6 Å². The minimum absolute atomic E-state index is 0.0433. The first-order valence-electron chi connectivity index (χ1n) is 5.00. The van der Waals surface area contributed by atoms with Gasteiger partial charge in [0.1, 0.15) is 0 Å². The van der Waals surface area contributed by atoms with Crippen molar-refractivity contribution in [2.24, 2.45) is 5.73 Å². The predicted molar refractivity (Wildman–Crippen MR) is 61.0 cm³/mol. The van der Waals surface area contributed by atoms with Crippen LogP contribution < -0.4 is 11.5 Å². The molecule has 1 rings (SSSR count). The van der Waals surface area contributed by atoms with Gasteiger partial charge in [-0.3, -0.25) is 0 Å². The van der Waals surface area contributed by atoms with Gasteiger partial charge in [0.25, 0.3) is 0 Å². The van der Waals surface area contributed by atoms with Crippen LogP contribution in [0, 0.1) is 0 Å². The van der Waals surface area contributed by atoms with E-state index in [4.69, 9.17) is 11.5 Å². The van der Waals surface area contributed by atoms with Crippen LogP contribution in [0.15, 0.2) is 30.6 Å². The van der Waals surface area contributed by atoms with E-state index in [0.717, 1.165) is 12.1 Å². The molecule has 0 radical (unpaired) electrons. The van der Waals surface area contributed by atoms with Crippen molar-refractivity contribution in [3.05, 3.63) is 30.6 Å². The number of nitrogens with two attached hydrogens (primary N) is 2. The summed E-state index contributed by atoms with van der Waals surface area (Å²) in [5.41, 5.74) is 12.4. The second-order valence-electron chi connectivity index (χ2n) is 3.55. The summed E-state index contributed by atoms with van der Waals surface area (Å²) < 4.78 is 2.04. The maximum Gasteiger partial charge on any atom is 0.0493 e. The summed E-state index contributed by atoms with van der Waals surface area (Å²) in [6.45, 7) is 4.19. The van der Waals surface area contributed by atoms with E-state index in [1.54, 1.807) is 0 Å². The zero-order valence-electron chi connectivity index (χ0n) is 8.85. The van der Waals surface area contributed by atoms with Gasteiger partial charge in [-0.25, -0.2) is 0 Å². The summed E-state index contributed by atoms with van der Waals surface area (Å²) in [6.07, 6.45) is 9.02. The van der Waals surface area contributed by atoms with Gasteiger partial charge in [0.05, 0.1) is 0 Å². The molecule has 0 aliphatic heterocycles. The van der Waals surface area contributed by atoms with Crippen molar-refractivity contribution in [1.29, 1.82) is 0 Å². The molecule has 0 aliphatic rings. The second-order valence-corrected chi connectivity index (χ2v) is 3.55. The van der Waals surface area contributed by atoms with Crippen molar-refractivity contribution in [2.45, 2.75) is 32.4 Å². The van der Waals surface area contributed by atoms with Crippen LogP contribution in [0.2, 0.25) is 0 Å². The molecule has 14 heavy (non-hydrogen) atoms. The number of hydrogen-bond acceptors (Lipinski definition) is 2. The van der Waals surface area contributed by atoms with Gasteiger partial charge in [-0.05, 0) is 19.4 Å². The van der Waals surface area contributed by atoms with E-state index >= 15 is 0 Å². The number of nitrogens with zero attached hydrogens (tertiary/aromatic N) is 1. The number of anilines is 1. The summed E-state index contributed by atoms with van der Waals surface area (Å²) in [5, 5.41) is 0. The summed E-state index contributed by atoms with van der Waals surface area (Å²) in [7, 11) is 0. The first kappa shape index (κ1) is 10.9. The SMILES string of the molecule is CC/C=C\C(N)[C@@H](C)n1ccc(N)c1. The maximum atomic E-state index is 6.00. The standard InChI is InChI=1S/C11H19N3/c1-3-4-5-11(13)9(2)14-7-6-10(12)8-14/h4-9,11H,3,12-13H2,1-2H3/b5-4-/t9-,11?/m1/s1. The Morgan fingerprint density at radius 2 is 2.29 bits per heavy atom. The number of rotatable bonds is 4. The lowest BCUT2D eigenvalue weighted by Gasteiger charge is -2.18. The van der Waals surface area contributed by atoms with E-state index in [9.17, 15) is 0 Å². The van der Waals surface area contributed by atoms with E-state index in [1.165, 1.54) is 0 Å². The molecule has 0 aliphatic carbocycles. The highest BCUT2D eigenvalue weighted by molar-refractivity contribution is 5.34. The van der Waals surface area contributed by atoms with Gasteiger partial charge in [-0.15, -0.1) is 0 Å². The molecule has 0 saturated carbocycles. The molecule has 1 heterocycles. The molecule has 2 atom stereocenters. The highest BCUT2D eigenvalue weighted by atomic mass is 15.0. The number of hydrogen-bond donors (Lipinski definition) is 2. The molecular weight excluding hydrogens is 174 g/mol. The highest BCUT2D eigenvalue weighted by Gasteiger charge is 2.10. The number of nitrogen functional groups attached to an aromatic ring is 1. The molecule has 1 aromatic heterocycles. The van der Waals surface area contributed by atoms with Gasteiger partial charge in [-0.2, -0.15) is 0 Å². The molecule has 4 N–H and O–H groups in total. The van der Waals surface area contributed by atoms with Crippen LogP contribution in [0.4, 0.5) is 5.69 Å². The molecule has 0 bridgehead atoms. The van der Waals surface area contributed by atoms with Crippen LogP contribution in [-0.2, 0) is 0 Å². The van der Waals surface area contributed by atoms with Crippen molar-refractivity contribution in [3.63, 3.8) is 0 Å². The van der Waals surface area contributed by atoms with Gasteiger partial charge in [0.2, 0.25) is 0 Å². The zero-order chi connectivity index (χ0) is 10.6. The molecule has 0 saturated heterocycles. The Morgan fingerprint density at radius 3 is 2.79 bits per heavy atom. The molecular formula is C11H19N3. The number of aromatic nitrogens is 1. The fraction of sp³-hybridized carbons (Fsp3) is 0.455. The Balaban J connectivity index is 2.65. The third-order valence-corrected chi connectivity index (χ3v) is 2.36. The third kappa shape index (κ3) is 2.64. The quantitative estimate of drug-likeness (QED) is 0.718. The van der Waals surface area contributed by atoms with E-state index < -0.39 is 0 Å². The molecule has 0 amide bonds. The largest absolute Gasteiger partial charge is 0.398 e. The van der Waals surface area contributed by atoms with Crippen molar-refractivity contribution >= 4 is 5.69 Å². The monoisotopic (exact) mass is 193 g/mol. The Labute approximate surface area is 85.4 Å². The topological polar surface area (TPSA) is 57.0 Å². The number of allylic oxidation sites excluding steroid dienone is 1. The lowest BCUT2D eigenvalue weighted by atomic mass is 10.1. The van der Waals surface area contributed by atoms with Crippen LogP contribution in [0.5, 0.6) is 0 Å². The third-order valence-electron chi connectivity index (χ3n) is 2.36. The zero-order valence-corrected chi connectivity index (χ0v) is 8.85. The molecule has 0 spiro atoms. The molecule has 0 fully saturated rings. The van der Waals surface area contributed by atoms with Crippen molar-refractivity contribution in [3.8, 4) is 0 Å². The maximum absolute atomic E-state index is 6.00. The van der Waals surface area contributed by atoms with Crippen LogP contribution in [0.1, 0.15) is 26.3 Å². The Bertz CT molecular complexity index is 301. The average Bonchev–Trinajstić information content (AvgIpc) is 2.60. The molecule has 3 heteroatoms. The van der Waals surface area contributed by atoms with E-state index in [-0.39, 0.29) is 12.1 Å². The smallest absolute Gasteiger partial charge is 0.0493 e. The lowest BCUT2D eigenvalue weighted by molar-refractivity contribution is 0.496. The van der Waals surface area contributed by atoms with Gasteiger partial charge in [-0.1, -0.05) is 19.1 Å². The van der Waals surface area contributed by atoms with E-state index in [0.29, 0.717) is 0 Å². The lowest BCUT2D eigenvalue weighted by Crippen LogP contribution is -2.27. The molecule has 0 aromatic carbocycles. The second kappa shape index (κ2) is 4.86. The summed E-state index contributed by atoms with van der Waals surface area (Å²) in [4.78, 5) is 0. The molecule has 1 aromatic rings. The Hall–Kier alpha value is -1.22. The van der Waals surface area contributed by atoms with Crippen LogP contribution in [0.3, 0.4) is 0 Å². The van der Waals surface area contributed by atoms with E-state index in [2.05, 4.69) is 19.9 Å². The van der Waals surface area contributed by atoms with Gasteiger partial charge in [0, 0.05) is 30.2 Å². The normalized spacial score (nSPS) is 15.9. The first-order chi connectivity index (χ1) is 6.65.